The third kappa shape index (κ3) is 5.02. The number of benzene rings is 2. The van der Waals surface area contributed by atoms with Crippen LogP contribution in [0.4, 0.5) is 5.69 Å². The molecule has 0 aliphatic heterocycles. The van der Waals surface area contributed by atoms with Gasteiger partial charge in [-0.2, -0.15) is 0 Å². The first-order valence-corrected chi connectivity index (χ1v) is 11.9. The van der Waals surface area contributed by atoms with Crippen LogP contribution in [0.15, 0.2) is 53.4 Å². The van der Waals surface area contributed by atoms with Crippen LogP contribution in [0, 0.1) is 6.92 Å². The van der Waals surface area contributed by atoms with Crippen LogP contribution in [0.2, 0.25) is 0 Å². The van der Waals surface area contributed by atoms with Crippen molar-refractivity contribution < 1.29 is 23.1 Å². The third-order valence-electron chi connectivity index (χ3n) is 5.83. The number of likely N-dealkylation sites (N-methyl/N-ethyl adjacent to an activating group) is 1. The van der Waals surface area contributed by atoms with E-state index in [0.29, 0.717) is 18.6 Å². The van der Waals surface area contributed by atoms with E-state index in [0.717, 1.165) is 22.7 Å². The lowest BCUT2D eigenvalue weighted by Crippen LogP contribution is -2.50. The average Bonchev–Trinajstić information content (AvgIpc) is 2.77. The first kappa shape index (κ1) is 23.1. The molecule has 2 atom stereocenters. The van der Waals surface area contributed by atoms with Gasteiger partial charge in [0.05, 0.1) is 29.8 Å². The fourth-order valence-electron chi connectivity index (χ4n) is 3.94. The number of carbonyl (C=O) groups is 1. The van der Waals surface area contributed by atoms with Crippen LogP contribution in [-0.4, -0.2) is 57.2 Å². The van der Waals surface area contributed by atoms with Gasteiger partial charge in [-0.15, -0.1) is 0 Å². The van der Waals surface area contributed by atoms with Crippen molar-refractivity contribution in [2.45, 2.75) is 49.6 Å². The highest BCUT2D eigenvalue weighted by Crippen LogP contribution is 2.32. The second-order valence-corrected chi connectivity index (χ2v) is 9.78. The number of nitrogens with zero attached hydrogens (tertiary/aromatic N) is 2. The molecule has 2 aromatic carbocycles. The first-order valence-electron chi connectivity index (χ1n) is 10.4. The number of hydrogen-bond donors (Lipinski definition) is 1. The molecule has 1 N–H and O–H groups in total. The van der Waals surface area contributed by atoms with Gasteiger partial charge in [-0.05, 0) is 44.0 Å². The van der Waals surface area contributed by atoms with Gasteiger partial charge in [0.25, 0.3) is 10.0 Å². The molecule has 0 radical (unpaired) electrons. The van der Waals surface area contributed by atoms with Crippen molar-refractivity contribution in [1.29, 1.82) is 0 Å². The molecule has 1 amide bonds. The summed E-state index contributed by atoms with van der Waals surface area (Å²) in [5, 5.41) is 10.3. The van der Waals surface area contributed by atoms with Crippen molar-refractivity contribution in [3.05, 3.63) is 54.1 Å². The van der Waals surface area contributed by atoms with Crippen LogP contribution in [0.5, 0.6) is 5.75 Å². The number of sulfonamides is 1. The van der Waals surface area contributed by atoms with Crippen LogP contribution in [0.25, 0.3) is 0 Å². The summed E-state index contributed by atoms with van der Waals surface area (Å²) in [5.74, 6) is -0.0288. The summed E-state index contributed by atoms with van der Waals surface area (Å²) in [5.41, 5.74) is 1.22. The van der Waals surface area contributed by atoms with Gasteiger partial charge in [0.1, 0.15) is 12.3 Å². The van der Waals surface area contributed by atoms with E-state index >= 15 is 0 Å². The molecule has 0 bridgehead atoms. The maximum absolute atomic E-state index is 13.6. The molecule has 31 heavy (non-hydrogen) atoms. The van der Waals surface area contributed by atoms with E-state index < -0.39 is 22.7 Å². The molecule has 1 fully saturated rings. The summed E-state index contributed by atoms with van der Waals surface area (Å²) in [6.45, 7) is 1.48. The molecule has 7 nitrogen and oxygen atoms in total. The summed E-state index contributed by atoms with van der Waals surface area (Å²) in [6.07, 6.45) is 2.59. The summed E-state index contributed by atoms with van der Waals surface area (Å²) in [6, 6.07) is 12.9. The highest BCUT2D eigenvalue weighted by atomic mass is 32.2. The highest BCUT2D eigenvalue weighted by molar-refractivity contribution is 7.92. The average molecular weight is 447 g/mol. The number of amides is 1. The van der Waals surface area contributed by atoms with E-state index in [1.54, 1.807) is 43.4 Å². The Balaban J connectivity index is 1.98. The molecule has 0 spiro atoms. The second kappa shape index (κ2) is 9.70. The van der Waals surface area contributed by atoms with Crippen molar-refractivity contribution in [2.75, 3.05) is 25.0 Å². The molecule has 2 unspecified atom stereocenters. The van der Waals surface area contributed by atoms with Crippen molar-refractivity contribution in [2.24, 2.45) is 0 Å². The molecule has 8 heteroatoms. The monoisotopic (exact) mass is 446 g/mol. The zero-order valence-corrected chi connectivity index (χ0v) is 19.0. The molecule has 1 aliphatic rings. The molecule has 0 heterocycles. The van der Waals surface area contributed by atoms with E-state index in [9.17, 15) is 18.3 Å². The lowest BCUT2D eigenvalue weighted by molar-refractivity contribution is -0.133. The van der Waals surface area contributed by atoms with E-state index in [4.69, 9.17) is 4.74 Å². The Morgan fingerprint density at radius 3 is 2.39 bits per heavy atom. The Labute approximate surface area is 184 Å². The molecule has 1 saturated carbocycles. The van der Waals surface area contributed by atoms with E-state index in [1.807, 2.05) is 6.92 Å². The van der Waals surface area contributed by atoms with Crippen LogP contribution < -0.4 is 9.04 Å². The van der Waals surface area contributed by atoms with Gasteiger partial charge in [0.2, 0.25) is 5.91 Å². The molecular weight excluding hydrogens is 416 g/mol. The van der Waals surface area contributed by atoms with E-state index in [2.05, 4.69) is 0 Å². The number of rotatable bonds is 7. The minimum Gasteiger partial charge on any atom is -0.495 e. The van der Waals surface area contributed by atoms with Crippen LogP contribution >= 0.6 is 0 Å². The third-order valence-corrected chi connectivity index (χ3v) is 7.60. The van der Waals surface area contributed by atoms with Gasteiger partial charge < -0.3 is 14.7 Å². The van der Waals surface area contributed by atoms with Gasteiger partial charge in [0.15, 0.2) is 0 Å². The molecular formula is C23H30N2O5S. The van der Waals surface area contributed by atoms with Gasteiger partial charge in [-0.1, -0.05) is 42.7 Å². The Hall–Kier alpha value is -2.58. The number of aryl methyl sites for hydroxylation is 1. The number of para-hydroxylation sites is 2. The first-order chi connectivity index (χ1) is 14.8. The van der Waals surface area contributed by atoms with Crippen molar-refractivity contribution in [1.82, 2.24) is 4.90 Å². The zero-order valence-electron chi connectivity index (χ0n) is 18.2. The largest absolute Gasteiger partial charge is 0.495 e. The topological polar surface area (TPSA) is 87.2 Å². The minimum absolute atomic E-state index is 0.0946. The lowest BCUT2D eigenvalue weighted by atomic mass is 9.91. The fraction of sp³-hybridized carbons (Fsp3) is 0.435. The number of methoxy groups -OCH3 is 1. The second-order valence-electron chi connectivity index (χ2n) is 7.92. The Morgan fingerprint density at radius 1 is 1.10 bits per heavy atom. The normalized spacial score (nSPS) is 19.0. The smallest absolute Gasteiger partial charge is 0.264 e. The van der Waals surface area contributed by atoms with Gasteiger partial charge in [-0.25, -0.2) is 8.42 Å². The maximum Gasteiger partial charge on any atom is 0.264 e. The maximum atomic E-state index is 13.6. The van der Waals surface area contributed by atoms with E-state index in [-0.39, 0.29) is 22.5 Å². The predicted octanol–water partition coefficient (Wildman–Crippen LogP) is 2.96. The fourth-order valence-corrected chi connectivity index (χ4v) is 5.36. The van der Waals surface area contributed by atoms with E-state index in [1.165, 1.54) is 24.1 Å². The standard InChI is InChI=1S/C23H30N2O5S/c1-17-12-14-18(15-13-17)31(28,29)25(20-9-5-7-11-22(20)30-3)16-23(27)24(2)19-8-4-6-10-21(19)26/h5,7,9,11-15,19,21,26H,4,6,8,10,16H2,1-3H3. The molecule has 0 saturated heterocycles. The lowest BCUT2D eigenvalue weighted by Gasteiger charge is -2.36. The van der Waals surface area contributed by atoms with Crippen LogP contribution in [-0.2, 0) is 14.8 Å². The Morgan fingerprint density at radius 2 is 1.74 bits per heavy atom. The summed E-state index contributed by atoms with van der Waals surface area (Å²) in [4.78, 5) is 14.7. The predicted molar refractivity (Wildman–Crippen MR) is 120 cm³/mol. The minimum atomic E-state index is -4.03. The van der Waals surface area contributed by atoms with Gasteiger partial charge >= 0.3 is 0 Å². The molecule has 0 aromatic heterocycles. The van der Waals surface area contributed by atoms with Crippen molar-refractivity contribution >= 4 is 21.6 Å². The number of carbonyl (C=O) groups excluding carboxylic acids is 1. The summed E-state index contributed by atoms with van der Waals surface area (Å²) >= 11 is 0. The highest BCUT2D eigenvalue weighted by Gasteiger charge is 2.34. The van der Waals surface area contributed by atoms with Crippen LogP contribution in [0.3, 0.4) is 0 Å². The molecule has 1 aliphatic carbocycles. The quantitative estimate of drug-likeness (QED) is 0.707. The zero-order chi connectivity index (χ0) is 22.6. The summed E-state index contributed by atoms with van der Waals surface area (Å²) < 4.78 is 33.6. The SMILES string of the molecule is COc1ccccc1N(CC(=O)N(C)C1CCCCC1O)S(=O)(=O)c1ccc(C)cc1. The van der Waals surface area contributed by atoms with Crippen LogP contribution in [0.1, 0.15) is 31.2 Å². The number of anilines is 1. The number of hydrogen-bond acceptors (Lipinski definition) is 5. The van der Waals surface area contributed by atoms with Gasteiger partial charge in [0, 0.05) is 7.05 Å². The van der Waals surface area contributed by atoms with Crippen molar-refractivity contribution in [3.63, 3.8) is 0 Å². The number of aliphatic hydroxyl groups is 1. The Kier molecular flexibility index (Phi) is 7.23. The van der Waals surface area contributed by atoms with Crippen molar-refractivity contribution in [3.8, 4) is 5.75 Å². The molecule has 3 rings (SSSR count). The molecule has 2 aromatic rings. The number of ether oxygens (including phenoxy) is 1. The number of aliphatic hydroxyl groups excluding tert-OH is 1. The Bertz CT molecular complexity index is 1010. The molecule has 168 valence electrons. The van der Waals surface area contributed by atoms with Gasteiger partial charge in [-0.3, -0.25) is 9.10 Å². The summed E-state index contributed by atoms with van der Waals surface area (Å²) in [7, 11) is -0.947.